The van der Waals surface area contributed by atoms with Crippen LogP contribution in [-0.2, 0) is 16.0 Å². The summed E-state index contributed by atoms with van der Waals surface area (Å²) in [6.45, 7) is 8.32. The van der Waals surface area contributed by atoms with Crippen molar-refractivity contribution in [3.8, 4) is 11.1 Å². The molecule has 190 valence electrons. The summed E-state index contributed by atoms with van der Waals surface area (Å²) in [4.78, 5) is 38.3. The molecule has 7 nitrogen and oxygen atoms in total. The molecular formula is C28H38N2O5. The number of amides is 2. The lowest BCUT2D eigenvalue weighted by Gasteiger charge is -2.29. The molecule has 3 N–H and O–H groups in total. The molecule has 2 aromatic carbocycles. The lowest BCUT2D eigenvalue weighted by molar-refractivity contribution is -0.143. The first kappa shape index (κ1) is 27.9. The van der Waals surface area contributed by atoms with Gasteiger partial charge in [0.15, 0.2) is 0 Å². The van der Waals surface area contributed by atoms with E-state index in [1.54, 1.807) is 0 Å². The van der Waals surface area contributed by atoms with E-state index < -0.39 is 29.9 Å². The number of benzene rings is 2. The molecule has 2 rings (SSSR count). The summed E-state index contributed by atoms with van der Waals surface area (Å²) in [6, 6.07) is 15.8. The number of urea groups is 1. The topological polar surface area (TPSA) is 107 Å². The maximum Gasteiger partial charge on any atom is 0.326 e. The summed E-state index contributed by atoms with van der Waals surface area (Å²) in [7, 11) is 0. The molecule has 0 radical (unpaired) electrons. The van der Waals surface area contributed by atoms with Crippen molar-refractivity contribution in [2.75, 3.05) is 13.1 Å². The zero-order valence-electron chi connectivity index (χ0n) is 21.1. The highest BCUT2D eigenvalue weighted by Gasteiger charge is 2.28. The van der Waals surface area contributed by atoms with Crippen LogP contribution in [-0.4, -0.2) is 52.2 Å². The van der Waals surface area contributed by atoms with E-state index in [1.807, 2.05) is 82.3 Å². The van der Waals surface area contributed by atoms with Crippen LogP contribution in [0.25, 0.3) is 11.1 Å². The molecule has 0 aliphatic heterocycles. The second-order valence-electron chi connectivity index (χ2n) is 9.91. The van der Waals surface area contributed by atoms with Crippen molar-refractivity contribution in [1.29, 1.82) is 0 Å². The summed E-state index contributed by atoms with van der Waals surface area (Å²) in [6.07, 6.45) is 1.33. The predicted molar refractivity (Wildman–Crippen MR) is 137 cm³/mol. The third kappa shape index (κ3) is 9.43. The number of nitrogens with zero attached hydrogens (tertiary/aromatic N) is 1. The van der Waals surface area contributed by atoms with Gasteiger partial charge in [0.1, 0.15) is 6.04 Å². The first-order valence-corrected chi connectivity index (χ1v) is 12.2. The molecular weight excluding hydrogens is 444 g/mol. The molecule has 7 heteroatoms. The monoisotopic (exact) mass is 482 g/mol. The highest BCUT2D eigenvalue weighted by Crippen LogP contribution is 2.20. The summed E-state index contributed by atoms with van der Waals surface area (Å²) in [5, 5.41) is 22.1. The van der Waals surface area contributed by atoms with E-state index in [0.29, 0.717) is 18.9 Å². The Balaban J connectivity index is 2.11. The van der Waals surface area contributed by atoms with Crippen LogP contribution in [0.15, 0.2) is 54.6 Å². The zero-order valence-corrected chi connectivity index (χ0v) is 21.1. The zero-order chi connectivity index (χ0) is 26.0. The molecule has 2 aromatic rings. The summed E-state index contributed by atoms with van der Waals surface area (Å²) in [5.74, 6) is -2.32. The van der Waals surface area contributed by atoms with Gasteiger partial charge in [0.05, 0.1) is 5.92 Å². The third-order valence-corrected chi connectivity index (χ3v) is 5.85. The van der Waals surface area contributed by atoms with Crippen molar-refractivity contribution in [3.05, 3.63) is 60.2 Å². The van der Waals surface area contributed by atoms with Crippen molar-refractivity contribution in [2.24, 2.45) is 17.8 Å². The lowest BCUT2D eigenvalue weighted by atomic mass is 9.97. The van der Waals surface area contributed by atoms with Gasteiger partial charge >= 0.3 is 18.0 Å². The minimum Gasteiger partial charge on any atom is -0.481 e. The highest BCUT2D eigenvalue weighted by atomic mass is 16.4. The first-order chi connectivity index (χ1) is 16.6. The maximum atomic E-state index is 13.1. The van der Waals surface area contributed by atoms with Gasteiger partial charge in [-0.25, -0.2) is 9.59 Å². The van der Waals surface area contributed by atoms with Gasteiger partial charge in [-0.3, -0.25) is 4.79 Å². The predicted octanol–water partition coefficient (Wildman–Crippen LogP) is 5.15. The molecule has 0 fully saturated rings. The average Bonchev–Trinajstić information content (AvgIpc) is 2.80. The third-order valence-electron chi connectivity index (χ3n) is 5.85. The van der Waals surface area contributed by atoms with E-state index >= 15 is 0 Å². The number of hydrogen-bond donors (Lipinski definition) is 3. The minimum atomic E-state index is -1.13. The van der Waals surface area contributed by atoms with Gasteiger partial charge in [0.2, 0.25) is 0 Å². The number of rotatable bonds is 13. The number of carboxylic acid groups (broad SMARTS) is 2. The summed E-state index contributed by atoms with van der Waals surface area (Å²) < 4.78 is 0. The van der Waals surface area contributed by atoms with Crippen LogP contribution in [0.3, 0.4) is 0 Å². The number of hydrogen-bond acceptors (Lipinski definition) is 3. The molecule has 0 heterocycles. The molecule has 0 saturated carbocycles. The Hall–Kier alpha value is -3.35. The number of aliphatic carboxylic acids is 2. The van der Waals surface area contributed by atoms with Gasteiger partial charge < -0.3 is 20.4 Å². The number of nitrogens with one attached hydrogen (secondary N) is 1. The van der Waals surface area contributed by atoms with E-state index in [4.69, 9.17) is 0 Å². The number of carboxylic acids is 2. The molecule has 0 aromatic heterocycles. The van der Waals surface area contributed by atoms with Crippen molar-refractivity contribution in [2.45, 2.75) is 53.0 Å². The Kier molecular flexibility index (Phi) is 10.8. The molecule has 1 unspecified atom stereocenters. The lowest BCUT2D eigenvalue weighted by Crippen LogP contribution is -2.51. The standard InChI is InChI=1S/C28H38N2O5/c1-19(2)10-13-24(26(31)32)18-30(17-20(3)4)28(35)29-25(27(33)34)16-21-11-14-23(15-12-21)22-8-6-5-7-9-22/h5-9,11-12,14-15,19-20,24-25H,10,13,16-18H2,1-4H3,(H,29,35)(H,31,32)(H,33,34)/t24?,25-/m0/s1. The van der Waals surface area contributed by atoms with Crippen molar-refractivity contribution < 1.29 is 24.6 Å². The SMILES string of the molecule is CC(C)CCC(CN(CC(C)C)C(=O)N[C@@H](Cc1ccc(-c2ccccc2)cc1)C(=O)O)C(=O)O. The average molecular weight is 483 g/mol. The minimum absolute atomic E-state index is 0.0458. The van der Waals surface area contributed by atoms with Crippen molar-refractivity contribution in [3.63, 3.8) is 0 Å². The molecule has 2 amide bonds. The van der Waals surface area contributed by atoms with Crippen LogP contribution < -0.4 is 5.32 Å². The second kappa shape index (κ2) is 13.5. The van der Waals surface area contributed by atoms with E-state index in [9.17, 15) is 24.6 Å². The van der Waals surface area contributed by atoms with Crippen LogP contribution in [0.5, 0.6) is 0 Å². The van der Waals surface area contributed by atoms with Gasteiger partial charge in [-0.2, -0.15) is 0 Å². The van der Waals surface area contributed by atoms with E-state index in [1.165, 1.54) is 4.90 Å². The fourth-order valence-corrected chi connectivity index (χ4v) is 3.91. The fraction of sp³-hybridized carbons (Fsp3) is 0.464. The Labute approximate surface area is 208 Å². The Bertz CT molecular complexity index is 957. The molecule has 0 aliphatic rings. The largest absolute Gasteiger partial charge is 0.481 e. The molecule has 2 atom stereocenters. The smallest absolute Gasteiger partial charge is 0.326 e. The van der Waals surface area contributed by atoms with Gasteiger partial charge in [0, 0.05) is 19.5 Å². The van der Waals surface area contributed by atoms with Crippen LogP contribution in [0.4, 0.5) is 4.79 Å². The van der Waals surface area contributed by atoms with Crippen LogP contribution in [0.2, 0.25) is 0 Å². The quantitative estimate of drug-likeness (QED) is 0.366. The Morgan fingerprint density at radius 3 is 1.89 bits per heavy atom. The molecule has 0 bridgehead atoms. The van der Waals surface area contributed by atoms with E-state index in [2.05, 4.69) is 5.32 Å². The van der Waals surface area contributed by atoms with Gasteiger partial charge in [-0.15, -0.1) is 0 Å². The Morgan fingerprint density at radius 1 is 0.771 bits per heavy atom. The second-order valence-corrected chi connectivity index (χ2v) is 9.91. The van der Waals surface area contributed by atoms with Crippen LogP contribution in [0, 0.1) is 17.8 Å². The van der Waals surface area contributed by atoms with Crippen LogP contribution in [0.1, 0.15) is 46.1 Å². The molecule has 0 aliphatic carbocycles. The van der Waals surface area contributed by atoms with Gasteiger partial charge in [-0.1, -0.05) is 88.7 Å². The van der Waals surface area contributed by atoms with Crippen LogP contribution >= 0.6 is 0 Å². The highest BCUT2D eigenvalue weighted by molar-refractivity contribution is 5.83. The molecule has 0 saturated heterocycles. The number of carbonyl (C=O) groups is 3. The molecule has 35 heavy (non-hydrogen) atoms. The van der Waals surface area contributed by atoms with E-state index in [-0.39, 0.29) is 18.9 Å². The van der Waals surface area contributed by atoms with Crippen molar-refractivity contribution >= 4 is 18.0 Å². The summed E-state index contributed by atoms with van der Waals surface area (Å²) >= 11 is 0. The molecule has 0 spiro atoms. The number of carbonyl (C=O) groups excluding carboxylic acids is 1. The summed E-state index contributed by atoms with van der Waals surface area (Å²) in [5.41, 5.74) is 2.87. The Morgan fingerprint density at radius 2 is 1.37 bits per heavy atom. The van der Waals surface area contributed by atoms with Gasteiger partial charge in [0.25, 0.3) is 0 Å². The fourth-order valence-electron chi connectivity index (χ4n) is 3.91. The normalized spacial score (nSPS) is 12.9. The van der Waals surface area contributed by atoms with Gasteiger partial charge in [-0.05, 0) is 34.9 Å². The van der Waals surface area contributed by atoms with E-state index in [0.717, 1.165) is 23.1 Å². The first-order valence-electron chi connectivity index (χ1n) is 12.2. The van der Waals surface area contributed by atoms with Crippen molar-refractivity contribution in [1.82, 2.24) is 10.2 Å². The maximum absolute atomic E-state index is 13.1.